The standard InChI is InChI=1S/C16H15F4N3O3S/c17-13-6-3-11(16(18,19)20)9-14(13)23-15(24)22-8-7-10-1-4-12(5-2-10)27(21,25)26/h1-6,9H,7-8H2,(H2,21,25,26)(H2,22,23,24). The van der Waals surface area contributed by atoms with Crippen LogP contribution in [-0.2, 0) is 22.6 Å². The van der Waals surface area contributed by atoms with Crippen molar-refractivity contribution >= 4 is 21.7 Å². The topological polar surface area (TPSA) is 101 Å². The first-order chi connectivity index (χ1) is 12.5. The quantitative estimate of drug-likeness (QED) is 0.667. The van der Waals surface area contributed by atoms with Crippen LogP contribution in [0.5, 0.6) is 0 Å². The SMILES string of the molecule is NS(=O)(=O)c1ccc(CCNC(=O)Nc2cc(C(F)(F)F)ccc2F)cc1. The molecule has 0 radical (unpaired) electrons. The zero-order chi connectivity index (χ0) is 20.2. The van der Waals surface area contributed by atoms with E-state index in [1.165, 1.54) is 24.3 Å². The van der Waals surface area contributed by atoms with Crippen molar-refractivity contribution in [1.29, 1.82) is 0 Å². The maximum atomic E-state index is 13.6. The lowest BCUT2D eigenvalue weighted by atomic mass is 10.1. The first kappa shape index (κ1) is 20.6. The lowest BCUT2D eigenvalue weighted by Crippen LogP contribution is -2.30. The predicted molar refractivity (Wildman–Crippen MR) is 89.9 cm³/mol. The Morgan fingerprint density at radius 3 is 2.26 bits per heavy atom. The average Bonchev–Trinajstić information content (AvgIpc) is 2.55. The molecular formula is C16H15F4N3O3S. The number of amides is 2. The smallest absolute Gasteiger partial charge is 0.338 e. The number of primary sulfonamides is 1. The molecule has 146 valence electrons. The number of rotatable bonds is 5. The second kappa shape index (κ2) is 7.92. The number of benzene rings is 2. The molecule has 0 spiro atoms. The lowest BCUT2D eigenvalue weighted by molar-refractivity contribution is -0.137. The van der Waals surface area contributed by atoms with E-state index in [0.717, 1.165) is 0 Å². The molecule has 2 rings (SSSR count). The Morgan fingerprint density at radius 1 is 1.07 bits per heavy atom. The molecule has 11 heteroatoms. The Bertz CT molecular complexity index is 929. The second-order valence-electron chi connectivity index (χ2n) is 5.51. The summed E-state index contributed by atoms with van der Waals surface area (Å²) in [4.78, 5) is 11.7. The maximum Gasteiger partial charge on any atom is 0.416 e. The molecule has 4 N–H and O–H groups in total. The molecule has 0 aromatic heterocycles. The summed E-state index contributed by atoms with van der Waals surface area (Å²) in [6.45, 7) is 0.0845. The van der Waals surface area contributed by atoms with E-state index in [-0.39, 0.29) is 11.4 Å². The fraction of sp³-hybridized carbons (Fsp3) is 0.188. The molecule has 0 saturated carbocycles. The summed E-state index contributed by atoms with van der Waals surface area (Å²) in [5.41, 5.74) is -0.998. The summed E-state index contributed by atoms with van der Waals surface area (Å²) in [6.07, 6.45) is -4.35. The highest BCUT2D eigenvalue weighted by Gasteiger charge is 2.31. The van der Waals surface area contributed by atoms with Crippen LogP contribution in [0.1, 0.15) is 11.1 Å². The number of urea groups is 1. The molecule has 0 fully saturated rings. The van der Waals surface area contributed by atoms with Crippen molar-refractivity contribution < 1.29 is 30.8 Å². The van der Waals surface area contributed by atoms with E-state index in [9.17, 15) is 30.8 Å². The highest BCUT2D eigenvalue weighted by molar-refractivity contribution is 7.89. The largest absolute Gasteiger partial charge is 0.416 e. The predicted octanol–water partition coefficient (Wildman–Crippen LogP) is 2.86. The van der Waals surface area contributed by atoms with Crippen LogP contribution in [0, 0.1) is 5.82 Å². The van der Waals surface area contributed by atoms with Gasteiger partial charge >= 0.3 is 12.2 Å². The molecule has 2 aromatic rings. The van der Waals surface area contributed by atoms with Crippen LogP contribution in [0.15, 0.2) is 47.4 Å². The number of nitrogens with two attached hydrogens (primary N) is 1. The van der Waals surface area contributed by atoms with Gasteiger partial charge < -0.3 is 10.6 Å². The van der Waals surface area contributed by atoms with E-state index in [4.69, 9.17) is 5.14 Å². The van der Waals surface area contributed by atoms with Gasteiger partial charge in [0.15, 0.2) is 0 Å². The Hall–Kier alpha value is -2.66. The van der Waals surface area contributed by atoms with Gasteiger partial charge in [0.25, 0.3) is 0 Å². The van der Waals surface area contributed by atoms with Crippen molar-refractivity contribution in [3.8, 4) is 0 Å². The summed E-state index contributed by atoms with van der Waals surface area (Å²) >= 11 is 0. The third kappa shape index (κ3) is 5.93. The van der Waals surface area contributed by atoms with Crippen LogP contribution >= 0.6 is 0 Å². The molecule has 0 aliphatic heterocycles. The molecule has 0 aliphatic rings. The van der Waals surface area contributed by atoms with E-state index in [1.54, 1.807) is 0 Å². The number of alkyl halides is 3. The molecule has 0 bridgehead atoms. The lowest BCUT2D eigenvalue weighted by Gasteiger charge is -2.12. The number of sulfonamides is 1. The monoisotopic (exact) mass is 405 g/mol. The van der Waals surface area contributed by atoms with E-state index in [1.807, 2.05) is 5.32 Å². The van der Waals surface area contributed by atoms with Crippen LogP contribution < -0.4 is 15.8 Å². The van der Waals surface area contributed by atoms with Gasteiger partial charge in [0, 0.05) is 6.54 Å². The van der Waals surface area contributed by atoms with Gasteiger partial charge in [-0.05, 0) is 42.3 Å². The molecule has 2 amide bonds. The highest BCUT2D eigenvalue weighted by Crippen LogP contribution is 2.31. The third-order valence-electron chi connectivity index (χ3n) is 3.49. The molecular weight excluding hydrogens is 390 g/mol. The number of halogens is 4. The molecule has 0 atom stereocenters. The van der Waals surface area contributed by atoms with Crippen molar-refractivity contribution in [2.24, 2.45) is 5.14 Å². The average molecular weight is 405 g/mol. The zero-order valence-electron chi connectivity index (χ0n) is 13.7. The number of anilines is 1. The fourth-order valence-corrected chi connectivity index (χ4v) is 2.65. The minimum atomic E-state index is -4.66. The Labute approximate surface area is 152 Å². The van der Waals surface area contributed by atoms with Crippen LogP contribution in [0.2, 0.25) is 0 Å². The number of carbonyl (C=O) groups excluding carboxylic acids is 1. The zero-order valence-corrected chi connectivity index (χ0v) is 14.5. The van der Waals surface area contributed by atoms with Crippen molar-refractivity contribution in [2.45, 2.75) is 17.5 Å². The highest BCUT2D eigenvalue weighted by atomic mass is 32.2. The Morgan fingerprint density at radius 2 is 1.70 bits per heavy atom. The Balaban J connectivity index is 1.92. The fourth-order valence-electron chi connectivity index (χ4n) is 2.13. The second-order valence-corrected chi connectivity index (χ2v) is 7.07. The number of carbonyl (C=O) groups is 1. The molecule has 0 saturated heterocycles. The molecule has 0 unspecified atom stereocenters. The van der Waals surface area contributed by atoms with Crippen molar-refractivity contribution in [1.82, 2.24) is 5.32 Å². The molecule has 0 heterocycles. The van der Waals surface area contributed by atoms with Crippen LogP contribution in [-0.4, -0.2) is 21.0 Å². The first-order valence-corrected chi connectivity index (χ1v) is 9.05. The van der Waals surface area contributed by atoms with Gasteiger partial charge in [0.1, 0.15) is 5.82 Å². The normalized spacial score (nSPS) is 11.9. The minimum absolute atomic E-state index is 0.0584. The minimum Gasteiger partial charge on any atom is -0.338 e. The first-order valence-electron chi connectivity index (χ1n) is 7.50. The summed E-state index contributed by atoms with van der Waals surface area (Å²) in [5.74, 6) is -1.00. The van der Waals surface area contributed by atoms with Gasteiger partial charge in [0.05, 0.1) is 16.1 Å². The van der Waals surface area contributed by atoms with Gasteiger partial charge in [-0.3, -0.25) is 0 Å². The van der Waals surface area contributed by atoms with Crippen LogP contribution in [0.3, 0.4) is 0 Å². The molecule has 6 nitrogen and oxygen atoms in total. The van der Waals surface area contributed by atoms with E-state index < -0.39 is 39.3 Å². The van der Waals surface area contributed by atoms with Crippen LogP contribution in [0.4, 0.5) is 28.0 Å². The Kier molecular flexibility index (Phi) is 6.06. The van der Waals surface area contributed by atoms with E-state index in [2.05, 4.69) is 5.32 Å². The molecule has 27 heavy (non-hydrogen) atoms. The number of hydrogen-bond acceptors (Lipinski definition) is 3. The van der Waals surface area contributed by atoms with Gasteiger partial charge in [-0.25, -0.2) is 22.7 Å². The third-order valence-corrected chi connectivity index (χ3v) is 4.42. The van der Waals surface area contributed by atoms with E-state index >= 15 is 0 Å². The van der Waals surface area contributed by atoms with Gasteiger partial charge in [-0.2, -0.15) is 13.2 Å². The maximum absolute atomic E-state index is 13.6. The van der Waals surface area contributed by atoms with E-state index in [0.29, 0.717) is 30.2 Å². The summed E-state index contributed by atoms with van der Waals surface area (Å²) in [7, 11) is -3.80. The van der Waals surface area contributed by atoms with Gasteiger partial charge in [-0.15, -0.1) is 0 Å². The van der Waals surface area contributed by atoms with Crippen molar-refractivity contribution in [3.05, 3.63) is 59.4 Å². The van der Waals surface area contributed by atoms with Crippen molar-refractivity contribution in [3.63, 3.8) is 0 Å². The number of nitrogens with one attached hydrogen (secondary N) is 2. The summed E-state index contributed by atoms with van der Waals surface area (Å²) in [6, 6.07) is 6.44. The summed E-state index contributed by atoms with van der Waals surface area (Å²) in [5, 5.41) is 9.36. The van der Waals surface area contributed by atoms with Gasteiger partial charge in [0.2, 0.25) is 10.0 Å². The number of hydrogen-bond donors (Lipinski definition) is 3. The molecule has 0 aliphatic carbocycles. The van der Waals surface area contributed by atoms with Crippen LogP contribution in [0.25, 0.3) is 0 Å². The summed E-state index contributed by atoms with van der Waals surface area (Å²) < 4.78 is 73.8. The molecule has 2 aromatic carbocycles. The van der Waals surface area contributed by atoms with Crippen molar-refractivity contribution in [2.75, 3.05) is 11.9 Å². The van der Waals surface area contributed by atoms with Gasteiger partial charge in [-0.1, -0.05) is 12.1 Å².